The average Bonchev–Trinajstić information content (AvgIpc) is 3.79. The van der Waals surface area contributed by atoms with Crippen LogP contribution in [-0.4, -0.2) is 143 Å². The lowest BCUT2D eigenvalue weighted by Crippen LogP contribution is -2.64. The molecule has 5 amide bonds. The lowest BCUT2D eigenvalue weighted by atomic mass is 9.92. The van der Waals surface area contributed by atoms with E-state index in [-0.39, 0.29) is 42.4 Å². The molecule has 16 heteroatoms. The van der Waals surface area contributed by atoms with Gasteiger partial charge in [0.05, 0.1) is 11.8 Å². The number of nitrogens with two attached hydrogens (primary N) is 1. The van der Waals surface area contributed by atoms with Gasteiger partial charge in [-0.25, -0.2) is 14.8 Å². The molecule has 4 saturated heterocycles. The van der Waals surface area contributed by atoms with E-state index in [1.165, 1.54) is 6.34 Å². The number of rotatable bonds is 7. The van der Waals surface area contributed by atoms with Gasteiger partial charge in [0.15, 0.2) is 6.17 Å². The van der Waals surface area contributed by atoms with Gasteiger partial charge in [-0.3, -0.25) is 29.6 Å². The van der Waals surface area contributed by atoms with Gasteiger partial charge in [-0.2, -0.15) is 5.10 Å². The van der Waals surface area contributed by atoms with Crippen LogP contribution in [0.5, 0.6) is 11.5 Å². The number of piperazine rings is 1. The standard InChI is InChI=1S/C43H47N11O5/c44-39-37-38(27-8-11-33(12-9-27)59-32-6-2-1-3-7-32)48-54(40(37)46-26-45-39)30-5-4-16-51(23-30)43(58)50-19-17-49(18-20-50)31-24-52(25-31)29-10-13-34-28(21-29)22-53(42(34)57)35-14-15-36(55)47-41(35)56/h1-3,6-13,21,26,30-31,35,37,40H,4-5,14-20,22-25H2,(H2,44,45,46)(H,47,55,56)/t30-,35?,37?,40?/m1/s1. The number of ether oxygens (including phenoxy) is 1. The van der Waals surface area contributed by atoms with E-state index >= 15 is 0 Å². The number of imide groups is 1. The van der Waals surface area contributed by atoms with Crippen LogP contribution in [0.15, 0.2) is 87.9 Å². The molecular formula is C43H47N11O5. The molecule has 4 fully saturated rings. The van der Waals surface area contributed by atoms with E-state index in [0.29, 0.717) is 56.6 Å². The molecular weight excluding hydrogens is 751 g/mol. The maximum absolute atomic E-state index is 14.0. The number of para-hydroxylation sites is 1. The van der Waals surface area contributed by atoms with Crippen molar-refractivity contribution in [1.29, 1.82) is 0 Å². The number of nitrogens with one attached hydrogen (secondary N) is 1. The minimum atomic E-state index is -0.621. The number of hydrazone groups is 1. The minimum absolute atomic E-state index is 0.0125. The Balaban J connectivity index is 0.732. The number of piperidine rings is 2. The van der Waals surface area contributed by atoms with Gasteiger partial charge >= 0.3 is 6.03 Å². The smallest absolute Gasteiger partial charge is 0.320 e. The molecule has 0 spiro atoms. The number of hydrogen-bond donors (Lipinski definition) is 2. The first-order valence-corrected chi connectivity index (χ1v) is 20.6. The Morgan fingerprint density at radius 3 is 2.39 bits per heavy atom. The molecule has 7 aliphatic rings. The van der Waals surface area contributed by atoms with Gasteiger partial charge in [-0.15, -0.1) is 0 Å². The molecule has 3 aromatic rings. The van der Waals surface area contributed by atoms with Gasteiger partial charge in [0.2, 0.25) is 11.8 Å². The normalized spacial score (nSPS) is 26.0. The van der Waals surface area contributed by atoms with Crippen LogP contribution in [0.2, 0.25) is 0 Å². The highest BCUT2D eigenvalue weighted by molar-refractivity contribution is 6.17. The van der Waals surface area contributed by atoms with Crippen LogP contribution in [0.4, 0.5) is 10.5 Å². The van der Waals surface area contributed by atoms with Crippen molar-refractivity contribution in [2.24, 2.45) is 26.7 Å². The third kappa shape index (κ3) is 6.94. The first kappa shape index (κ1) is 37.0. The number of urea groups is 1. The summed E-state index contributed by atoms with van der Waals surface area (Å²) >= 11 is 0. The summed E-state index contributed by atoms with van der Waals surface area (Å²) in [6.45, 7) is 6.34. The van der Waals surface area contributed by atoms with E-state index < -0.39 is 11.9 Å². The summed E-state index contributed by atoms with van der Waals surface area (Å²) in [5.74, 6) is 0.839. The van der Waals surface area contributed by atoms with Crippen LogP contribution in [0, 0.1) is 5.92 Å². The van der Waals surface area contributed by atoms with Gasteiger partial charge in [0.1, 0.15) is 35.6 Å². The fraction of sp³-hybridized carbons (Fsp3) is 0.419. The van der Waals surface area contributed by atoms with Crippen molar-refractivity contribution in [3.63, 3.8) is 0 Å². The van der Waals surface area contributed by atoms with E-state index in [1.54, 1.807) is 4.90 Å². The van der Waals surface area contributed by atoms with Crippen molar-refractivity contribution in [2.45, 2.75) is 56.5 Å². The van der Waals surface area contributed by atoms with E-state index in [1.807, 2.05) is 76.5 Å². The first-order chi connectivity index (χ1) is 28.8. The molecule has 4 atom stereocenters. The molecule has 3 aromatic carbocycles. The number of nitrogens with zero attached hydrogens (tertiary/aromatic N) is 9. The number of amidine groups is 1. The van der Waals surface area contributed by atoms with Crippen LogP contribution >= 0.6 is 0 Å². The molecule has 59 heavy (non-hydrogen) atoms. The zero-order valence-corrected chi connectivity index (χ0v) is 32.7. The molecule has 7 heterocycles. The van der Waals surface area contributed by atoms with E-state index in [9.17, 15) is 19.2 Å². The SMILES string of the molecule is NC1=NC=NC2C1C(c1ccc(Oc3ccccc3)cc1)=NN2[C@@H]1CCCN(C(=O)N2CCN(C3CN(c4ccc5c(c4)CN(C4CCC(=O)NC4=O)C5=O)C3)CC2)C1. The highest BCUT2D eigenvalue weighted by atomic mass is 16.5. The second kappa shape index (κ2) is 15.1. The highest BCUT2D eigenvalue weighted by Gasteiger charge is 2.46. The zero-order chi connectivity index (χ0) is 40.2. The number of carbonyl (C=O) groups is 4. The van der Waals surface area contributed by atoms with Crippen LogP contribution in [0.3, 0.4) is 0 Å². The van der Waals surface area contributed by atoms with E-state index in [0.717, 1.165) is 73.0 Å². The summed E-state index contributed by atoms with van der Waals surface area (Å²) in [5.41, 5.74) is 10.8. The Morgan fingerprint density at radius 1 is 0.831 bits per heavy atom. The quantitative estimate of drug-likeness (QED) is 0.341. The topological polar surface area (TPSA) is 172 Å². The van der Waals surface area contributed by atoms with Gasteiger partial charge in [0, 0.05) is 82.6 Å². The fourth-order valence-electron chi connectivity index (χ4n) is 9.57. The summed E-state index contributed by atoms with van der Waals surface area (Å²) in [4.78, 5) is 70.7. The summed E-state index contributed by atoms with van der Waals surface area (Å²) in [6, 6.07) is 23.3. The Bertz CT molecular complexity index is 2250. The summed E-state index contributed by atoms with van der Waals surface area (Å²) in [7, 11) is 0. The second-order valence-electron chi connectivity index (χ2n) is 16.4. The molecule has 0 radical (unpaired) electrons. The molecule has 0 saturated carbocycles. The number of carbonyl (C=O) groups excluding carboxylic acids is 4. The lowest BCUT2D eigenvalue weighted by molar-refractivity contribution is -0.136. The predicted octanol–water partition coefficient (Wildman–Crippen LogP) is 2.69. The van der Waals surface area contributed by atoms with Crippen LogP contribution in [0.1, 0.15) is 47.2 Å². The summed E-state index contributed by atoms with van der Waals surface area (Å²) < 4.78 is 6.01. The number of aliphatic imine (C=N–C) groups is 2. The summed E-state index contributed by atoms with van der Waals surface area (Å²) in [6.07, 6.45) is 3.56. The number of benzene rings is 3. The van der Waals surface area contributed by atoms with Gasteiger partial charge in [-0.1, -0.05) is 18.2 Å². The van der Waals surface area contributed by atoms with Crippen molar-refractivity contribution in [1.82, 2.24) is 29.9 Å². The summed E-state index contributed by atoms with van der Waals surface area (Å²) in [5, 5.41) is 9.57. The Kier molecular flexibility index (Phi) is 9.50. The number of fused-ring (bicyclic) bond motifs is 2. The van der Waals surface area contributed by atoms with E-state index in [4.69, 9.17) is 20.6 Å². The molecule has 10 rings (SSSR count). The molecule has 304 valence electrons. The average molecular weight is 798 g/mol. The number of hydrogen-bond acceptors (Lipinski definition) is 12. The Morgan fingerprint density at radius 2 is 1.61 bits per heavy atom. The van der Waals surface area contributed by atoms with Crippen molar-refractivity contribution in [3.05, 3.63) is 89.5 Å². The molecule has 3 unspecified atom stereocenters. The van der Waals surface area contributed by atoms with Crippen molar-refractivity contribution >= 4 is 47.3 Å². The minimum Gasteiger partial charge on any atom is -0.457 e. The van der Waals surface area contributed by atoms with Gasteiger partial charge in [0.25, 0.3) is 5.91 Å². The fourth-order valence-corrected chi connectivity index (χ4v) is 9.57. The number of anilines is 1. The monoisotopic (exact) mass is 797 g/mol. The molecule has 16 nitrogen and oxygen atoms in total. The Hall–Kier alpha value is -6.29. The molecule has 3 N–H and O–H groups in total. The second-order valence-corrected chi connectivity index (χ2v) is 16.4. The maximum atomic E-state index is 14.0. The molecule has 0 aliphatic carbocycles. The third-order valence-corrected chi connectivity index (χ3v) is 12.8. The van der Waals surface area contributed by atoms with Crippen LogP contribution < -0.4 is 20.7 Å². The van der Waals surface area contributed by atoms with Gasteiger partial charge in [-0.05, 0) is 85.0 Å². The molecule has 7 aliphatic heterocycles. The van der Waals surface area contributed by atoms with Crippen molar-refractivity contribution < 1.29 is 23.9 Å². The maximum Gasteiger partial charge on any atom is 0.320 e. The largest absolute Gasteiger partial charge is 0.457 e. The third-order valence-electron chi connectivity index (χ3n) is 12.8. The Labute approximate surface area is 341 Å². The number of likely N-dealkylation sites (tertiary alicyclic amines) is 1. The zero-order valence-electron chi connectivity index (χ0n) is 32.7. The van der Waals surface area contributed by atoms with Crippen molar-refractivity contribution in [2.75, 3.05) is 57.3 Å². The van der Waals surface area contributed by atoms with Gasteiger partial charge < -0.3 is 30.1 Å². The van der Waals surface area contributed by atoms with Crippen LogP contribution in [0.25, 0.3) is 0 Å². The predicted molar refractivity (Wildman–Crippen MR) is 220 cm³/mol. The highest BCUT2D eigenvalue weighted by Crippen LogP contribution is 2.35. The molecule has 0 aromatic heterocycles. The van der Waals surface area contributed by atoms with Crippen LogP contribution in [-0.2, 0) is 16.1 Å². The van der Waals surface area contributed by atoms with Crippen molar-refractivity contribution in [3.8, 4) is 11.5 Å². The van der Waals surface area contributed by atoms with E-state index in [2.05, 4.69) is 31.2 Å². The number of amides is 5. The molecule has 0 bridgehead atoms. The first-order valence-electron chi connectivity index (χ1n) is 20.6. The lowest BCUT2D eigenvalue weighted by Gasteiger charge is -2.49.